The van der Waals surface area contributed by atoms with Crippen LogP contribution in [0.3, 0.4) is 0 Å². The third kappa shape index (κ3) is 9.26. The molecule has 0 heterocycles. The maximum absolute atomic E-state index is 11.6. The summed E-state index contributed by atoms with van der Waals surface area (Å²) in [7, 11) is 0. The Morgan fingerprint density at radius 2 is 2.15 bits per heavy atom. The van der Waals surface area contributed by atoms with Crippen LogP contribution in [0.15, 0.2) is 12.2 Å². The monoisotopic (exact) mass is 213 g/mol. The van der Waals surface area contributed by atoms with Gasteiger partial charge in [0, 0.05) is 0 Å². The summed E-state index contributed by atoms with van der Waals surface area (Å²) in [5, 5.41) is 1.93. The molecule has 0 aliphatic carbocycles. The van der Waals surface area contributed by atoms with Gasteiger partial charge in [0.1, 0.15) is 0 Å². The lowest BCUT2D eigenvalue weighted by atomic mass is 10.3. The number of carbonyl (C=O) groups excluding carboxylic acids is 1. The molecule has 1 amide bonds. The minimum atomic E-state index is -4.26. The molecule has 0 aromatic rings. The van der Waals surface area contributed by atoms with E-state index >= 15 is 0 Å². The van der Waals surface area contributed by atoms with Gasteiger partial charge in [-0.2, -0.15) is 25.8 Å². The predicted octanol–water partition coefficient (Wildman–Crippen LogP) is 1.89. The summed E-state index contributed by atoms with van der Waals surface area (Å²) in [5.41, 5.74) is 0. The summed E-state index contributed by atoms with van der Waals surface area (Å²) in [5.74, 6) is -0.577. The lowest BCUT2D eigenvalue weighted by Gasteiger charge is -2.04. The highest BCUT2D eigenvalue weighted by atomic mass is 32.1. The van der Waals surface area contributed by atoms with Gasteiger partial charge < -0.3 is 5.32 Å². The van der Waals surface area contributed by atoms with E-state index in [-0.39, 0.29) is 5.37 Å². The second-order valence-corrected chi connectivity index (χ2v) is 3.18. The zero-order chi connectivity index (χ0) is 10.5. The Morgan fingerprint density at radius 1 is 1.62 bits per heavy atom. The van der Waals surface area contributed by atoms with E-state index in [2.05, 4.69) is 17.9 Å². The molecule has 0 fully saturated rings. The smallest absolute Gasteiger partial charge is 0.341 e. The summed E-state index contributed by atoms with van der Waals surface area (Å²) in [4.78, 5) is 10.7. The van der Waals surface area contributed by atoms with Gasteiger partial charge in [-0.1, -0.05) is 6.08 Å². The van der Waals surface area contributed by atoms with Crippen LogP contribution in [-0.2, 0) is 4.79 Å². The maximum atomic E-state index is 11.6. The molecule has 13 heavy (non-hydrogen) atoms. The standard InChI is InChI=1S/C7H10F3NOS/c1-5(13)11-6(12)3-2-4-7(8,9)10/h2-3,5,13H,4H2,1H3,(H,11,12)/b3-2+/t5-/m0/s1. The molecule has 0 aliphatic heterocycles. The highest BCUT2D eigenvalue weighted by Crippen LogP contribution is 2.19. The van der Waals surface area contributed by atoms with Gasteiger partial charge in [-0.05, 0) is 13.0 Å². The Labute approximate surface area is 79.6 Å². The van der Waals surface area contributed by atoms with Crippen molar-refractivity contribution in [2.24, 2.45) is 0 Å². The minimum absolute atomic E-state index is 0.372. The summed E-state index contributed by atoms with van der Waals surface area (Å²) >= 11 is 3.83. The molecule has 2 nitrogen and oxygen atoms in total. The number of allylic oxidation sites excluding steroid dienone is 1. The largest absolute Gasteiger partial charge is 0.392 e. The number of rotatable bonds is 3. The number of nitrogens with one attached hydrogen (secondary N) is 1. The molecule has 0 unspecified atom stereocenters. The number of hydrogen-bond acceptors (Lipinski definition) is 2. The highest BCUT2D eigenvalue weighted by Gasteiger charge is 2.24. The summed E-state index contributed by atoms with van der Waals surface area (Å²) in [6, 6.07) is 0. The lowest BCUT2D eigenvalue weighted by Crippen LogP contribution is -2.26. The first-order valence-corrected chi connectivity index (χ1v) is 4.05. The first-order chi connectivity index (χ1) is 5.81. The molecule has 0 radical (unpaired) electrons. The minimum Gasteiger partial charge on any atom is -0.341 e. The molecule has 1 atom stereocenters. The highest BCUT2D eigenvalue weighted by molar-refractivity contribution is 7.80. The maximum Gasteiger partial charge on any atom is 0.392 e. The first-order valence-electron chi connectivity index (χ1n) is 3.53. The van der Waals surface area contributed by atoms with E-state index in [1.807, 2.05) is 0 Å². The van der Waals surface area contributed by atoms with E-state index in [0.29, 0.717) is 0 Å². The van der Waals surface area contributed by atoms with Crippen molar-refractivity contribution in [3.63, 3.8) is 0 Å². The van der Waals surface area contributed by atoms with Crippen LogP contribution in [-0.4, -0.2) is 17.5 Å². The average Bonchev–Trinajstić information content (AvgIpc) is 1.81. The number of halogens is 3. The molecule has 0 bridgehead atoms. The normalized spacial score (nSPS) is 14.5. The fourth-order valence-corrected chi connectivity index (χ4v) is 0.681. The van der Waals surface area contributed by atoms with E-state index in [1.54, 1.807) is 6.92 Å². The fraction of sp³-hybridized carbons (Fsp3) is 0.571. The molecule has 0 spiro atoms. The Kier molecular flexibility index (Phi) is 4.90. The first kappa shape index (κ1) is 12.3. The second kappa shape index (κ2) is 5.16. The molecule has 76 valence electrons. The molecule has 0 saturated heterocycles. The van der Waals surface area contributed by atoms with E-state index in [4.69, 9.17) is 0 Å². The van der Waals surface area contributed by atoms with Crippen LogP contribution in [0.2, 0.25) is 0 Å². The summed E-state index contributed by atoms with van der Waals surface area (Å²) < 4.78 is 34.7. The SMILES string of the molecule is C[C@H](S)NC(=O)/C=C/CC(F)(F)F. The van der Waals surface area contributed by atoms with Crippen LogP contribution in [0.4, 0.5) is 13.2 Å². The molecular weight excluding hydrogens is 203 g/mol. The van der Waals surface area contributed by atoms with E-state index in [0.717, 1.165) is 12.2 Å². The third-order valence-corrected chi connectivity index (χ3v) is 1.10. The van der Waals surface area contributed by atoms with Crippen LogP contribution in [0.5, 0.6) is 0 Å². The molecule has 6 heteroatoms. The number of amides is 1. The van der Waals surface area contributed by atoms with E-state index in [9.17, 15) is 18.0 Å². The van der Waals surface area contributed by atoms with Crippen molar-refractivity contribution >= 4 is 18.5 Å². The van der Waals surface area contributed by atoms with Gasteiger partial charge >= 0.3 is 6.18 Å². The van der Waals surface area contributed by atoms with Gasteiger partial charge in [-0.15, -0.1) is 0 Å². The predicted molar refractivity (Wildman–Crippen MR) is 46.4 cm³/mol. The van der Waals surface area contributed by atoms with Crippen molar-refractivity contribution < 1.29 is 18.0 Å². The molecular formula is C7H10F3NOS. The van der Waals surface area contributed by atoms with Gasteiger partial charge in [0.15, 0.2) is 0 Å². The van der Waals surface area contributed by atoms with Crippen LogP contribution < -0.4 is 5.32 Å². The molecule has 0 saturated carbocycles. The molecule has 0 aliphatic rings. The number of alkyl halides is 3. The van der Waals surface area contributed by atoms with Crippen molar-refractivity contribution in [3.8, 4) is 0 Å². The topological polar surface area (TPSA) is 29.1 Å². The molecule has 0 aromatic heterocycles. The summed E-state index contributed by atoms with van der Waals surface area (Å²) in [6.07, 6.45) is -3.74. The second-order valence-electron chi connectivity index (χ2n) is 2.41. The summed E-state index contributed by atoms with van der Waals surface area (Å²) in [6.45, 7) is 1.60. The molecule has 0 rings (SSSR count). The van der Waals surface area contributed by atoms with Gasteiger partial charge in [0.25, 0.3) is 0 Å². The van der Waals surface area contributed by atoms with E-state index < -0.39 is 18.5 Å². The van der Waals surface area contributed by atoms with Gasteiger partial charge in [-0.25, -0.2) is 0 Å². The third-order valence-electron chi connectivity index (χ3n) is 0.970. The van der Waals surface area contributed by atoms with Crippen molar-refractivity contribution in [2.75, 3.05) is 0 Å². The lowest BCUT2D eigenvalue weighted by molar-refractivity contribution is -0.125. The zero-order valence-corrected chi connectivity index (χ0v) is 7.82. The number of thiol groups is 1. The number of carbonyl (C=O) groups is 1. The molecule has 1 N–H and O–H groups in total. The quantitative estimate of drug-likeness (QED) is 0.418. The van der Waals surface area contributed by atoms with Crippen molar-refractivity contribution in [3.05, 3.63) is 12.2 Å². The Hall–Kier alpha value is -0.650. The van der Waals surface area contributed by atoms with Crippen molar-refractivity contribution in [2.45, 2.75) is 24.9 Å². The van der Waals surface area contributed by atoms with Crippen LogP contribution >= 0.6 is 12.6 Å². The Balaban J connectivity index is 3.79. The van der Waals surface area contributed by atoms with Crippen LogP contribution in [0, 0.1) is 0 Å². The van der Waals surface area contributed by atoms with Gasteiger partial charge in [0.05, 0.1) is 11.8 Å². The zero-order valence-electron chi connectivity index (χ0n) is 6.93. The van der Waals surface area contributed by atoms with Crippen molar-refractivity contribution in [1.82, 2.24) is 5.32 Å². The van der Waals surface area contributed by atoms with E-state index in [1.165, 1.54) is 0 Å². The van der Waals surface area contributed by atoms with Crippen LogP contribution in [0.1, 0.15) is 13.3 Å². The van der Waals surface area contributed by atoms with Gasteiger partial charge in [0.2, 0.25) is 5.91 Å². The molecule has 0 aromatic carbocycles. The Morgan fingerprint density at radius 3 is 2.54 bits per heavy atom. The Bertz CT molecular complexity index is 200. The van der Waals surface area contributed by atoms with Crippen LogP contribution in [0.25, 0.3) is 0 Å². The van der Waals surface area contributed by atoms with Crippen molar-refractivity contribution in [1.29, 1.82) is 0 Å². The average molecular weight is 213 g/mol. The number of hydrogen-bond donors (Lipinski definition) is 2. The van der Waals surface area contributed by atoms with Gasteiger partial charge in [-0.3, -0.25) is 4.79 Å². The fourth-order valence-electron chi connectivity index (χ4n) is 0.554.